The van der Waals surface area contributed by atoms with E-state index in [0.717, 1.165) is 9.26 Å². The Morgan fingerprint density at radius 3 is 2.70 bits per heavy atom. The Bertz CT molecular complexity index is 239. The number of benzene rings is 1. The molecule has 0 radical (unpaired) electrons. The Kier molecular flexibility index (Phi) is 2.76. The van der Waals surface area contributed by atoms with Crippen LogP contribution in [0.15, 0.2) is 18.2 Å². The summed E-state index contributed by atoms with van der Waals surface area (Å²) in [5.41, 5.74) is 3.26. The molecular formula is C6H6ClIN2. The molecule has 0 spiro atoms. The molecule has 3 N–H and O–H groups in total. The normalized spacial score (nSPS) is 9.50. The highest BCUT2D eigenvalue weighted by Gasteiger charge is 1.99. The summed E-state index contributed by atoms with van der Waals surface area (Å²) in [6, 6.07) is 5.64. The van der Waals surface area contributed by atoms with Crippen LogP contribution in [-0.4, -0.2) is 0 Å². The molecular weight excluding hydrogens is 262 g/mol. The number of halogens is 2. The largest absolute Gasteiger partial charge is 0.323 e. The van der Waals surface area contributed by atoms with Gasteiger partial charge in [0, 0.05) is 3.57 Å². The summed E-state index contributed by atoms with van der Waals surface area (Å²) in [5, 5.41) is 0.672. The Morgan fingerprint density at radius 2 is 2.20 bits per heavy atom. The predicted octanol–water partition coefficient (Wildman–Crippen LogP) is 2.23. The third-order valence-corrected chi connectivity index (χ3v) is 2.73. The molecule has 0 saturated heterocycles. The fourth-order valence-electron chi connectivity index (χ4n) is 0.615. The third-order valence-electron chi connectivity index (χ3n) is 1.11. The summed E-state index contributed by atoms with van der Waals surface area (Å²) in [6.07, 6.45) is 0. The van der Waals surface area contributed by atoms with Crippen molar-refractivity contribution < 1.29 is 0 Å². The van der Waals surface area contributed by atoms with Gasteiger partial charge in [0.05, 0.1) is 10.7 Å². The van der Waals surface area contributed by atoms with E-state index >= 15 is 0 Å². The van der Waals surface area contributed by atoms with Crippen molar-refractivity contribution in [3.63, 3.8) is 0 Å². The maximum absolute atomic E-state index is 5.84. The van der Waals surface area contributed by atoms with Crippen molar-refractivity contribution in [2.75, 3.05) is 5.43 Å². The van der Waals surface area contributed by atoms with Crippen LogP contribution in [0.3, 0.4) is 0 Å². The molecule has 0 aliphatic heterocycles. The van der Waals surface area contributed by atoms with Crippen LogP contribution in [0, 0.1) is 3.57 Å². The monoisotopic (exact) mass is 268 g/mol. The van der Waals surface area contributed by atoms with Gasteiger partial charge in [0.25, 0.3) is 0 Å². The number of hydrogen-bond acceptors (Lipinski definition) is 2. The fraction of sp³-hybridized carbons (Fsp3) is 0. The van der Waals surface area contributed by atoms with E-state index < -0.39 is 0 Å². The second kappa shape index (κ2) is 3.41. The van der Waals surface area contributed by atoms with E-state index in [-0.39, 0.29) is 0 Å². The summed E-state index contributed by atoms with van der Waals surface area (Å²) in [5.74, 6) is 5.18. The van der Waals surface area contributed by atoms with Crippen molar-refractivity contribution in [2.24, 2.45) is 5.84 Å². The van der Waals surface area contributed by atoms with Gasteiger partial charge in [0.2, 0.25) is 0 Å². The molecule has 0 fully saturated rings. The third kappa shape index (κ3) is 1.53. The van der Waals surface area contributed by atoms with Crippen LogP contribution in [0.4, 0.5) is 5.69 Å². The van der Waals surface area contributed by atoms with Crippen LogP contribution >= 0.6 is 34.2 Å². The molecule has 4 heteroatoms. The lowest BCUT2D eigenvalue weighted by atomic mass is 10.3. The lowest BCUT2D eigenvalue weighted by molar-refractivity contribution is 1.35. The van der Waals surface area contributed by atoms with Gasteiger partial charge in [-0.15, -0.1) is 0 Å². The first-order chi connectivity index (χ1) is 4.75. The molecule has 0 saturated carbocycles. The van der Waals surface area contributed by atoms with E-state index in [0.29, 0.717) is 5.02 Å². The molecule has 0 bridgehead atoms. The van der Waals surface area contributed by atoms with Crippen molar-refractivity contribution in [3.8, 4) is 0 Å². The molecule has 0 aliphatic rings. The van der Waals surface area contributed by atoms with Gasteiger partial charge in [-0.05, 0) is 34.7 Å². The summed E-state index contributed by atoms with van der Waals surface area (Å²) in [4.78, 5) is 0. The van der Waals surface area contributed by atoms with Crippen LogP contribution in [0.1, 0.15) is 0 Å². The highest BCUT2D eigenvalue weighted by molar-refractivity contribution is 14.1. The minimum absolute atomic E-state index is 0.672. The molecule has 0 amide bonds. The molecule has 54 valence electrons. The zero-order valence-electron chi connectivity index (χ0n) is 5.07. The zero-order chi connectivity index (χ0) is 7.56. The summed E-state index contributed by atoms with van der Waals surface area (Å²) in [7, 11) is 0. The molecule has 0 atom stereocenters. The quantitative estimate of drug-likeness (QED) is 0.466. The molecule has 0 aromatic heterocycles. The fourth-order valence-corrected chi connectivity index (χ4v) is 1.29. The molecule has 1 aromatic rings. The number of nitrogens with one attached hydrogen (secondary N) is 1. The first kappa shape index (κ1) is 8.10. The highest BCUT2D eigenvalue weighted by Crippen LogP contribution is 2.25. The van der Waals surface area contributed by atoms with Gasteiger partial charge in [-0.25, -0.2) is 0 Å². The maximum atomic E-state index is 5.84. The molecule has 1 rings (SSSR count). The van der Waals surface area contributed by atoms with Crippen LogP contribution in [-0.2, 0) is 0 Å². The Hall–Kier alpha value is -0.0000000000000000555. The van der Waals surface area contributed by atoms with Gasteiger partial charge >= 0.3 is 0 Å². The van der Waals surface area contributed by atoms with Crippen molar-refractivity contribution in [3.05, 3.63) is 26.8 Å². The second-order valence-electron chi connectivity index (χ2n) is 1.75. The maximum Gasteiger partial charge on any atom is 0.0783 e. The Labute approximate surface area is 77.9 Å². The first-order valence-corrected chi connectivity index (χ1v) is 4.12. The molecule has 0 unspecified atom stereocenters. The average molecular weight is 268 g/mol. The minimum atomic E-state index is 0.672. The number of hydrazine groups is 1. The number of rotatable bonds is 1. The average Bonchev–Trinajstić information content (AvgIpc) is 1.95. The Morgan fingerprint density at radius 1 is 1.50 bits per heavy atom. The van der Waals surface area contributed by atoms with Crippen LogP contribution < -0.4 is 11.3 Å². The molecule has 10 heavy (non-hydrogen) atoms. The van der Waals surface area contributed by atoms with Gasteiger partial charge in [0.1, 0.15) is 0 Å². The van der Waals surface area contributed by atoms with E-state index in [2.05, 4.69) is 28.0 Å². The number of anilines is 1. The lowest BCUT2D eigenvalue weighted by Gasteiger charge is -2.02. The summed E-state index contributed by atoms with van der Waals surface area (Å²) >= 11 is 7.99. The van der Waals surface area contributed by atoms with Crippen LogP contribution in [0.2, 0.25) is 5.02 Å². The second-order valence-corrected chi connectivity index (χ2v) is 3.29. The standard InChI is InChI=1S/C6H6ClIN2/c7-6-4(8)2-1-3-5(6)10-9/h1-3,10H,9H2. The van der Waals surface area contributed by atoms with Gasteiger partial charge in [0.15, 0.2) is 0 Å². The number of nitrogen functional groups attached to an aromatic ring is 1. The van der Waals surface area contributed by atoms with Crippen molar-refractivity contribution in [1.29, 1.82) is 0 Å². The van der Waals surface area contributed by atoms with E-state index in [9.17, 15) is 0 Å². The molecule has 1 aromatic carbocycles. The van der Waals surface area contributed by atoms with Gasteiger partial charge in [-0.3, -0.25) is 5.84 Å². The first-order valence-electron chi connectivity index (χ1n) is 2.66. The topological polar surface area (TPSA) is 38.0 Å². The predicted molar refractivity (Wildman–Crippen MR) is 52.0 cm³/mol. The number of hydrogen-bond donors (Lipinski definition) is 2. The number of nitrogens with two attached hydrogens (primary N) is 1. The van der Waals surface area contributed by atoms with E-state index in [1.54, 1.807) is 0 Å². The Balaban J connectivity index is 3.14. The summed E-state index contributed by atoms with van der Waals surface area (Å²) < 4.78 is 0.995. The van der Waals surface area contributed by atoms with E-state index in [1.165, 1.54) is 0 Å². The lowest BCUT2D eigenvalue weighted by Crippen LogP contribution is -2.07. The highest BCUT2D eigenvalue weighted by atomic mass is 127. The zero-order valence-corrected chi connectivity index (χ0v) is 7.98. The van der Waals surface area contributed by atoms with Gasteiger partial charge in [-0.2, -0.15) is 0 Å². The van der Waals surface area contributed by atoms with Gasteiger partial charge in [-0.1, -0.05) is 17.7 Å². The molecule has 0 aliphatic carbocycles. The van der Waals surface area contributed by atoms with Crippen LogP contribution in [0.5, 0.6) is 0 Å². The minimum Gasteiger partial charge on any atom is -0.323 e. The van der Waals surface area contributed by atoms with E-state index in [4.69, 9.17) is 17.4 Å². The van der Waals surface area contributed by atoms with Gasteiger partial charge < -0.3 is 5.43 Å². The van der Waals surface area contributed by atoms with E-state index in [1.807, 2.05) is 18.2 Å². The summed E-state index contributed by atoms with van der Waals surface area (Å²) in [6.45, 7) is 0. The van der Waals surface area contributed by atoms with Crippen molar-refractivity contribution in [2.45, 2.75) is 0 Å². The van der Waals surface area contributed by atoms with Crippen molar-refractivity contribution in [1.82, 2.24) is 0 Å². The van der Waals surface area contributed by atoms with Crippen molar-refractivity contribution >= 4 is 39.9 Å². The van der Waals surface area contributed by atoms with Crippen LogP contribution in [0.25, 0.3) is 0 Å². The smallest absolute Gasteiger partial charge is 0.0783 e. The SMILES string of the molecule is NNc1cccc(I)c1Cl. The molecule has 2 nitrogen and oxygen atoms in total. The molecule has 0 heterocycles.